The molecule has 2 amide bonds. The van der Waals surface area contributed by atoms with Gasteiger partial charge in [-0.25, -0.2) is 12.7 Å². The molecular weight excluding hydrogens is 368 g/mol. The molecule has 7 nitrogen and oxygen atoms in total. The number of ether oxygens (including phenoxy) is 1. The van der Waals surface area contributed by atoms with Crippen LogP contribution in [0, 0.1) is 6.92 Å². The van der Waals surface area contributed by atoms with Crippen LogP contribution in [-0.4, -0.2) is 43.7 Å². The topological polar surface area (TPSA) is 92.8 Å². The fourth-order valence-electron chi connectivity index (χ4n) is 2.81. The third-order valence-corrected chi connectivity index (χ3v) is 5.98. The molecule has 1 N–H and O–H groups in total. The van der Waals surface area contributed by atoms with Gasteiger partial charge in [0.25, 0.3) is 15.9 Å². The van der Waals surface area contributed by atoms with Gasteiger partial charge in [-0.05, 0) is 37.6 Å². The summed E-state index contributed by atoms with van der Waals surface area (Å²) in [5, 5.41) is 2.66. The molecule has 0 spiro atoms. The molecule has 1 aliphatic rings. The summed E-state index contributed by atoms with van der Waals surface area (Å²) in [4.78, 5) is 24.5. The van der Waals surface area contributed by atoms with Crippen LogP contribution in [0.3, 0.4) is 0 Å². The fourth-order valence-corrected chi connectivity index (χ4v) is 4.34. The lowest BCUT2D eigenvalue weighted by Gasteiger charge is -2.19. The first kappa shape index (κ1) is 18.9. The molecule has 1 atom stereocenters. The number of carbonyl (C=O) groups is 2. The van der Waals surface area contributed by atoms with Crippen molar-refractivity contribution in [1.82, 2.24) is 9.62 Å². The Kier molecular flexibility index (Phi) is 5.18. The molecule has 2 aromatic carbocycles. The van der Waals surface area contributed by atoms with Gasteiger partial charge in [0, 0.05) is 0 Å². The third-order valence-electron chi connectivity index (χ3n) is 4.19. The van der Waals surface area contributed by atoms with Crippen LogP contribution in [0.4, 0.5) is 0 Å². The summed E-state index contributed by atoms with van der Waals surface area (Å²) in [7, 11) is -4.00. The van der Waals surface area contributed by atoms with Crippen molar-refractivity contribution in [2.24, 2.45) is 0 Å². The minimum Gasteiger partial charge on any atom is -0.491 e. The van der Waals surface area contributed by atoms with Gasteiger partial charge in [-0.15, -0.1) is 0 Å². The number of rotatable bonds is 6. The average molecular weight is 388 g/mol. The minimum absolute atomic E-state index is 0.0706. The van der Waals surface area contributed by atoms with E-state index >= 15 is 0 Å². The molecule has 8 heteroatoms. The van der Waals surface area contributed by atoms with E-state index in [-0.39, 0.29) is 23.1 Å². The number of amides is 2. The zero-order chi connectivity index (χ0) is 19.6. The molecule has 0 saturated heterocycles. The second-order valence-corrected chi connectivity index (χ2v) is 8.19. The number of nitrogens with one attached hydrogen (secondary N) is 1. The van der Waals surface area contributed by atoms with Crippen molar-refractivity contribution in [2.45, 2.75) is 24.8 Å². The van der Waals surface area contributed by atoms with Crippen molar-refractivity contribution in [3.63, 3.8) is 0 Å². The van der Waals surface area contributed by atoms with Crippen molar-refractivity contribution in [1.29, 1.82) is 0 Å². The molecule has 1 heterocycles. The zero-order valence-corrected chi connectivity index (χ0v) is 15.8. The Labute approximate surface area is 158 Å². The summed E-state index contributed by atoms with van der Waals surface area (Å²) in [6, 6.07) is 13.1. The highest BCUT2D eigenvalue weighted by molar-refractivity contribution is 7.90. The zero-order valence-electron chi connectivity index (χ0n) is 15.0. The van der Waals surface area contributed by atoms with Gasteiger partial charge >= 0.3 is 0 Å². The van der Waals surface area contributed by atoms with Crippen molar-refractivity contribution >= 4 is 21.8 Å². The number of carbonyl (C=O) groups excluding carboxylic acids is 2. The van der Waals surface area contributed by atoms with Crippen LogP contribution >= 0.6 is 0 Å². The van der Waals surface area contributed by atoms with Crippen molar-refractivity contribution in [2.75, 3.05) is 13.2 Å². The molecule has 0 aromatic heterocycles. The summed E-state index contributed by atoms with van der Waals surface area (Å²) in [6.07, 6.45) is 0. The number of benzene rings is 2. The molecule has 0 fully saturated rings. The molecule has 27 heavy (non-hydrogen) atoms. The van der Waals surface area contributed by atoms with Crippen LogP contribution in [0.2, 0.25) is 0 Å². The smallest absolute Gasteiger partial charge is 0.269 e. The lowest BCUT2D eigenvalue weighted by atomic mass is 10.2. The molecule has 1 aliphatic heterocycles. The van der Waals surface area contributed by atoms with Crippen LogP contribution in [-0.2, 0) is 14.8 Å². The van der Waals surface area contributed by atoms with Gasteiger partial charge in [0.05, 0.1) is 11.6 Å². The highest BCUT2D eigenvalue weighted by Crippen LogP contribution is 2.29. The van der Waals surface area contributed by atoms with Crippen LogP contribution in [0.1, 0.15) is 22.8 Å². The second kappa shape index (κ2) is 7.40. The minimum atomic E-state index is -4.00. The summed E-state index contributed by atoms with van der Waals surface area (Å²) in [5.74, 6) is -0.545. The predicted molar refractivity (Wildman–Crippen MR) is 98.9 cm³/mol. The number of hydrogen-bond donors (Lipinski definition) is 1. The molecule has 0 unspecified atom stereocenters. The Morgan fingerprint density at radius 1 is 1.15 bits per heavy atom. The first-order chi connectivity index (χ1) is 12.8. The van der Waals surface area contributed by atoms with Gasteiger partial charge < -0.3 is 10.1 Å². The molecule has 0 aliphatic carbocycles. The number of sulfonamides is 1. The number of hydrogen-bond acceptors (Lipinski definition) is 5. The van der Waals surface area contributed by atoms with Gasteiger partial charge in [0.2, 0.25) is 5.91 Å². The largest absolute Gasteiger partial charge is 0.491 e. The molecule has 0 saturated carbocycles. The lowest BCUT2D eigenvalue weighted by Crippen LogP contribution is -2.44. The second-order valence-electron chi connectivity index (χ2n) is 6.36. The number of para-hydroxylation sites is 1. The Balaban J connectivity index is 1.60. The highest BCUT2D eigenvalue weighted by atomic mass is 32.2. The maximum Gasteiger partial charge on any atom is 0.269 e. The summed E-state index contributed by atoms with van der Waals surface area (Å²) in [5.41, 5.74) is 1.06. The van der Waals surface area contributed by atoms with E-state index in [1.165, 1.54) is 18.2 Å². The first-order valence-corrected chi connectivity index (χ1v) is 9.88. The Morgan fingerprint density at radius 2 is 1.81 bits per heavy atom. The van der Waals surface area contributed by atoms with Crippen LogP contribution < -0.4 is 10.1 Å². The fraction of sp³-hybridized carbons (Fsp3) is 0.263. The maximum atomic E-state index is 12.5. The van der Waals surface area contributed by atoms with E-state index in [9.17, 15) is 18.0 Å². The first-order valence-electron chi connectivity index (χ1n) is 8.44. The molecular formula is C19H20N2O5S. The van der Waals surface area contributed by atoms with Gasteiger partial charge in [-0.1, -0.05) is 30.3 Å². The van der Waals surface area contributed by atoms with E-state index in [4.69, 9.17) is 4.74 Å². The Bertz CT molecular complexity index is 987. The molecule has 142 valence electrons. The lowest BCUT2D eigenvalue weighted by molar-refractivity contribution is -0.121. The van der Waals surface area contributed by atoms with Crippen LogP contribution in [0.15, 0.2) is 53.4 Å². The predicted octanol–water partition coefficient (Wildman–Crippen LogP) is 1.72. The average Bonchev–Trinajstić information content (AvgIpc) is 2.82. The molecule has 3 rings (SSSR count). The van der Waals surface area contributed by atoms with E-state index in [1.807, 2.05) is 31.2 Å². The van der Waals surface area contributed by atoms with E-state index in [0.29, 0.717) is 10.1 Å². The van der Waals surface area contributed by atoms with Crippen molar-refractivity contribution < 1.29 is 22.7 Å². The third kappa shape index (κ3) is 3.80. The SMILES string of the molecule is Cc1ccccc1OC[C@@H](C)NC(=O)CN1C(=O)c2ccccc2S1(=O)=O. The summed E-state index contributed by atoms with van der Waals surface area (Å²) < 4.78 is 31.2. The van der Waals surface area contributed by atoms with Crippen molar-refractivity contribution in [3.05, 3.63) is 59.7 Å². The quantitative estimate of drug-likeness (QED) is 0.813. The number of aryl methyl sites for hydroxylation is 1. The van der Waals surface area contributed by atoms with Gasteiger partial charge in [-0.2, -0.15) is 0 Å². The highest BCUT2D eigenvalue weighted by Gasteiger charge is 2.41. The van der Waals surface area contributed by atoms with Crippen LogP contribution in [0.25, 0.3) is 0 Å². The summed E-state index contributed by atoms with van der Waals surface area (Å²) >= 11 is 0. The van der Waals surface area contributed by atoms with E-state index in [1.54, 1.807) is 13.0 Å². The molecule has 0 radical (unpaired) electrons. The maximum absolute atomic E-state index is 12.5. The Hall–Kier alpha value is -2.87. The van der Waals surface area contributed by atoms with Crippen molar-refractivity contribution in [3.8, 4) is 5.75 Å². The molecule has 0 bridgehead atoms. The Morgan fingerprint density at radius 3 is 2.52 bits per heavy atom. The van der Waals surface area contributed by atoms with E-state index < -0.39 is 28.4 Å². The number of fused-ring (bicyclic) bond motifs is 1. The molecule has 2 aromatic rings. The number of nitrogens with zero attached hydrogens (tertiary/aromatic N) is 1. The summed E-state index contributed by atoms with van der Waals surface area (Å²) in [6.45, 7) is 3.31. The van der Waals surface area contributed by atoms with Crippen LogP contribution in [0.5, 0.6) is 5.75 Å². The van der Waals surface area contributed by atoms with E-state index in [0.717, 1.165) is 5.56 Å². The standard InChI is InChI=1S/C19H20N2O5S/c1-13-7-3-5-9-16(13)26-12-14(2)20-18(22)11-21-19(23)15-8-4-6-10-17(15)27(21,24)25/h3-10,14H,11-12H2,1-2H3,(H,20,22)/t14-/m1/s1. The van der Waals surface area contributed by atoms with E-state index in [2.05, 4.69) is 5.32 Å². The van der Waals surface area contributed by atoms with Gasteiger partial charge in [-0.3, -0.25) is 9.59 Å². The monoisotopic (exact) mass is 388 g/mol. The van der Waals surface area contributed by atoms with Gasteiger partial charge in [0.1, 0.15) is 23.8 Å². The normalized spacial score (nSPS) is 15.9. The van der Waals surface area contributed by atoms with Gasteiger partial charge in [0.15, 0.2) is 0 Å².